The van der Waals surface area contributed by atoms with Gasteiger partial charge >= 0.3 is 0 Å². The highest BCUT2D eigenvalue weighted by molar-refractivity contribution is 5.76. The van der Waals surface area contributed by atoms with Crippen molar-refractivity contribution < 1.29 is 9.90 Å². The summed E-state index contributed by atoms with van der Waals surface area (Å²) in [5.74, 6) is -0.01000. The molecule has 1 aliphatic rings. The van der Waals surface area contributed by atoms with Gasteiger partial charge in [-0.2, -0.15) is 0 Å². The normalized spacial score (nSPS) is 21.7. The summed E-state index contributed by atoms with van der Waals surface area (Å²) < 4.78 is 0. The fourth-order valence-corrected chi connectivity index (χ4v) is 2.42. The lowest BCUT2D eigenvalue weighted by molar-refractivity contribution is -0.122. The van der Waals surface area contributed by atoms with Crippen molar-refractivity contribution in [2.75, 3.05) is 6.54 Å². The Morgan fingerprint density at radius 3 is 2.94 bits per heavy atom. The molecule has 0 saturated heterocycles. The molecule has 0 aromatic heterocycles. The van der Waals surface area contributed by atoms with E-state index in [1.165, 1.54) is 0 Å². The maximum Gasteiger partial charge on any atom is 0.220 e. The quantitative estimate of drug-likeness (QED) is 0.677. The lowest BCUT2D eigenvalue weighted by Gasteiger charge is -2.17. The van der Waals surface area contributed by atoms with Gasteiger partial charge in [0.25, 0.3) is 0 Å². The van der Waals surface area contributed by atoms with Crippen LogP contribution in [0.4, 0.5) is 0 Å². The second kappa shape index (κ2) is 5.98. The summed E-state index contributed by atoms with van der Waals surface area (Å²) in [6.07, 6.45) is 2.23. The molecule has 4 nitrogen and oxygen atoms in total. The minimum absolute atomic E-state index is 0.01000. The van der Waals surface area contributed by atoms with Crippen molar-refractivity contribution in [1.82, 2.24) is 5.32 Å². The number of aliphatic hydroxyl groups is 1. The van der Waals surface area contributed by atoms with Gasteiger partial charge in [0.2, 0.25) is 5.91 Å². The monoisotopic (exact) mass is 248 g/mol. The van der Waals surface area contributed by atoms with E-state index in [4.69, 9.17) is 5.73 Å². The van der Waals surface area contributed by atoms with E-state index in [1.807, 2.05) is 24.3 Å². The molecule has 1 amide bonds. The lowest BCUT2D eigenvalue weighted by atomic mass is 10.1. The van der Waals surface area contributed by atoms with Gasteiger partial charge in [-0.3, -0.25) is 4.79 Å². The van der Waals surface area contributed by atoms with Gasteiger partial charge in [0.1, 0.15) is 0 Å². The third-order valence-corrected chi connectivity index (χ3v) is 3.38. The first-order chi connectivity index (χ1) is 8.72. The van der Waals surface area contributed by atoms with Crippen LogP contribution in [-0.2, 0) is 11.2 Å². The van der Waals surface area contributed by atoms with E-state index in [1.54, 1.807) is 0 Å². The SMILES string of the molecule is NCCCCC(=O)N[C@@H]1c2ccccc2C[C@@H]1O. The number of fused-ring (bicyclic) bond motifs is 1. The van der Waals surface area contributed by atoms with Crippen LogP contribution in [-0.4, -0.2) is 23.7 Å². The molecule has 1 aromatic rings. The molecule has 98 valence electrons. The van der Waals surface area contributed by atoms with Crippen molar-refractivity contribution in [2.24, 2.45) is 5.73 Å². The Bertz CT molecular complexity index is 420. The zero-order valence-electron chi connectivity index (χ0n) is 10.4. The highest BCUT2D eigenvalue weighted by atomic mass is 16.3. The van der Waals surface area contributed by atoms with E-state index in [-0.39, 0.29) is 11.9 Å². The van der Waals surface area contributed by atoms with Gasteiger partial charge in [0.05, 0.1) is 12.1 Å². The summed E-state index contributed by atoms with van der Waals surface area (Å²) in [6, 6.07) is 7.60. The number of hydrogen-bond acceptors (Lipinski definition) is 3. The molecular weight excluding hydrogens is 228 g/mol. The number of nitrogens with one attached hydrogen (secondary N) is 1. The minimum atomic E-state index is -0.513. The van der Waals surface area contributed by atoms with Crippen LogP contribution in [0.5, 0.6) is 0 Å². The fraction of sp³-hybridized carbons (Fsp3) is 0.500. The average molecular weight is 248 g/mol. The Kier molecular flexibility index (Phi) is 4.33. The van der Waals surface area contributed by atoms with Crippen LogP contribution in [0.2, 0.25) is 0 Å². The molecule has 4 N–H and O–H groups in total. The summed E-state index contributed by atoms with van der Waals surface area (Å²) in [5.41, 5.74) is 7.55. The molecule has 0 aliphatic heterocycles. The highest BCUT2D eigenvalue weighted by Crippen LogP contribution is 2.31. The van der Waals surface area contributed by atoms with Crippen molar-refractivity contribution in [3.8, 4) is 0 Å². The van der Waals surface area contributed by atoms with Gasteiger partial charge in [0.15, 0.2) is 0 Å². The zero-order chi connectivity index (χ0) is 13.0. The van der Waals surface area contributed by atoms with E-state index in [9.17, 15) is 9.90 Å². The van der Waals surface area contributed by atoms with Gasteiger partial charge in [-0.05, 0) is 30.5 Å². The number of unbranched alkanes of at least 4 members (excludes halogenated alkanes) is 1. The largest absolute Gasteiger partial charge is 0.390 e. The molecule has 2 rings (SSSR count). The summed E-state index contributed by atoms with van der Waals surface area (Å²) in [7, 11) is 0. The van der Waals surface area contributed by atoms with Crippen molar-refractivity contribution in [2.45, 2.75) is 37.8 Å². The van der Waals surface area contributed by atoms with Gasteiger partial charge in [-0.25, -0.2) is 0 Å². The van der Waals surface area contributed by atoms with Crippen LogP contribution < -0.4 is 11.1 Å². The molecule has 1 aliphatic carbocycles. The number of benzene rings is 1. The Morgan fingerprint density at radius 1 is 1.39 bits per heavy atom. The molecule has 4 heteroatoms. The summed E-state index contributed by atoms with van der Waals surface area (Å²) >= 11 is 0. The van der Waals surface area contributed by atoms with Crippen molar-refractivity contribution >= 4 is 5.91 Å². The third kappa shape index (κ3) is 2.89. The van der Waals surface area contributed by atoms with E-state index < -0.39 is 6.10 Å². The first kappa shape index (κ1) is 13.1. The molecule has 0 unspecified atom stereocenters. The van der Waals surface area contributed by atoms with E-state index in [0.29, 0.717) is 19.4 Å². The number of carbonyl (C=O) groups excluding carboxylic acids is 1. The lowest BCUT2D eigenvalue weighted by Crippen LogP contribution is -2.33. The van der Waals surface area contributed by atoms with Crippen molar-refractivity contribution in [1.29, 1.82) is 0 Å². The number of nitrogens with two attached hydrogens (primary N) is 1. The standard InChI is InChI=1S/C14H20N2O2/c15-8-4-3-7-13(18)16-14-11-6-2-1-5-10(11)9-12(14)17/h1-2,5-6,12,14,17H,3-4,7-9,15H2,(H,16,18)/t12-,14+/m0/s1. The van der Waals surface area contributed by atoms with Crippen molar-refractivity contribution in [3.05, 3.63) is 35.4 Å². The zero-order valence-corrected chi connectivity index (χ0v) is 10.4. The van der Waals surface area contributed by atoms with Gasteiger partial charge in [-0.15, -0.1) is 0 Å². The van der Waals surface area contributed by atoms with Crippen LogP contribution in [0, 0.1) is 0 Å². The van der Waals surface area contributed by atoms with Crippen molar-refractivity contribution in [3.63, 3.8) is 0 Å². The molecule has 1 aromatic carbocycles. The predicted octanol–water partition coefficient (Wildman–Crippen LogP) is 0.890. The Morgan fingerprint density at radius 2 is 2.17 bits per heavy atom. The molecule has 0 fully saturated rings. The van der Waals surface area contributed by atoms with Crippen LogP contribution >= 0.6 is 0 Å². The van der Waals surface area contributed by atoms with E-state index in [0.717, 1.165) is 24.0 Å². The molecule has 0 heterocycles. The highest BCUT2D eigenvalue weighted by Gasteiger charge is 2.31. The maximum atomic E-state index is 11.8. The summed E-state index contributed by atoms with van der Waals surface area (Å²) in [5, 5.41) is 12.9. The van der Waals surface area contributed by atoms with Crippen LogP contribution in [0.3, 0.4) is 0 Å². The van der Waals surface area contributed by atoms with Crippen LogP contribution in [0.15, 0.2) is 24.3 Å². The first-order valence-electron chi connectivity index (χ1n) is 6.47. The van der Waals surface area contributed by atoms with Crippen LogP contribution in [0.1, 0.15) is 36.4 Å². The van der Waals surface area contributed by atoms with Gasteiger partial charge in [-0.1, -0.05) is 24.3 Å². The topological polar surface area (TPSA) is 75.4 Å². The van der Waals surface area contributed by atoms with Gasteiger partial charge in [0, 0.05) is 12.8 Å². The first-order valence-corrected chi connectivity index (χ1v) is 6.47. The smallest absolute Gasteiger partial charge is 0.220 e. The molecule has 0 radical (unpaired) electrons. The average Bonchev–Trinajstić information content (AvgIpc) is 2.67. The Labute approximate surface area is 107 Å². The van der Waals surface area contributed by atoms with Crippen LogP contribution in [0.25, 0.3) is 0 Å². The Balaban J connectivity index is 1.95. The molecule has 18 heavy (non-hydrogen) atoms. The summed E-state index contributed by atoms with van der Waals surface area (Å²) in [4.78, 5) is 11.8. The number of hydrogen-bond donors (Lipinski definition) is 3. The number of rotatable bonds is 5. The third-order valence-electron chi connectivity index (χ3n) is 3.38. The van der Waals surface area contributed by atoms with E-state index in [2.05, 4.69) is 5.32 Å². The summed E-state index contributed by atoms with van der Waals surface area (Å²) in [6.45, 7) is 0.613. The Hall–Kier alpha value is -1.39. The maximum absolute atomic E-state index is 11.8. The second-order valence-corrected chi connectivity index (χ2v) is 4.76. The number of aliphatic hydroxyl groups excluding tert-OH is 1. The van der Waals surface area contributed by atoms with Gasteiger partial charge < -0.3 is 16.2 Å². The van der Waals surface area contributed by atoms with E-state index >= 15 is 0 Å². The molecule has 2 atom stereocenters. The number of amides is 1. The number of carbonyl (C=O) groups is 1. The molecule has 0 saturated carbocycles. The molecular formula is C14H20N2O2. The second-order valence-electron chi connectivity index (χ2n) is 4.76. The minimum Gasteiger partial charge on any atom is -0.390 e. The predicted molar refractivity (Wildman–Crippen MR) is 69.9 cm³/mol. The molecule has 0 bridgehead atoms. The molecule has 0 spiro atoms. The fourth-order valence-electron chi connectivity index (χ4n) is 2.42.